The molecular formula is C10H25NO2Si. The van der Waals surface area contributed by atoms with Gasteiger partial charge in [-0.2, -0.15) is 0 Å². The quantitative estimate of drug-likeness (QED) is 0.392. The van der Waals surface area contributed by atoms with E-state index >= 15 is 0 Å². The summed E-state index contributed by atoms with van der Waals surface area (Å²) in [5.74, 6) is 0.102. The zero-order chi connectivity index (χ0) is 11.0. The first-order chi connectivity index (χ1) is 6.49. The summed E-state index contributed by atoms with van der Waals surface area (Å²) >= 11 is 0. The standard InChI is InChI=1S/C10H25NO2Si/c1-10(2,3)11-7-6-8-14-9(12-4)13-5/h9,11H,6-8,14H2,1-5H3. The molecule has 0 saturated heterocycles. The van der Waals surface area contributed by atoms with E-state index in [2.05, 4.69) is 26.1 Å². The molecule has 0 aromatic heterocycles. The Hall–Kier alpha value is 0.0969. The number of methoxy groups -OCH3 is 2. The fourth-order valence-corrected chi connectivity index (χ4v) is 2.57. The largest absolute Gasteiger partial charge is 0.360 e. The van der Waals surface area contributed by atoms with Crippen LogP contribution in [0.2, 0.25) is 6.04 Å². The Balaban J connectivity index is 3.29. The zero-order valence-corrected chi connectivity index (χ0v) is 11.6. The predicted octanol–water partition coefficient (Wildman–Crippen LogP) is 0.928. The van der Waals surface area contributed by atoms with Gasteiger partial charge in [-0.1, -0.05) is 6.04 Å². The van der Waals surface area contributed by atoms with E-state index in [1.807, 2.05) is 0 Å². The van der Waals surface area contributed by atoms with Gasteiger partial charge in [0.05, 0.1) is 9.52 Å². The van der Waals surface area contributed by atoms with Crippen molar-refractivity contribution in [3.05, 3.63) is 0 Å². The lowest BCUT2D eigenvalue weighted by atomic mass is 10.1. The zero-order valence-electron chi connectivity index (χ0n) is 10.2. The summed E-state index contributed by atoms with van der Waals surface area (Å²) in [6.07, 6.45) is 1.23. The highest BCUT2D eigenvalue weighted by Gasteiger charge is 2.08. The first kappa shape index (κ1) is 14.1. The highest BCUT2D eigenvalue weighted by molar-refractivity contribution is 6.36. The second kappa shape index (κ2) is 7.40. The minimum absolute atomic E-state index is 0.102. The third-order valence-electron chi connectivity index (χ3n) is 2.05. The molecule has 0 aromatic rings. The molecule has 0 atom stereocenters. The van der Waals surface area contributed by atoms with Crippen LogP contribution in [0.3, 0.4) is 0 Å². The van der Waals surface area contributed by atoms with Crippen molar-refractivity contribution >= 4 is 9.52 Å². The van der Waals surface area contributed by atoms with Gasteiger partial charge in [-0.05, 0) is 33.7 Å². The van der Waals surface area contributed by atoms with E-state index in [9.17, 15) is 0 Å². The van der Waals surface area contributed by atoms with Crippen LogP contribution in [-0.4, -0.2) is 41.7 Å². The molecule has 0 aromatic carbocycles. The van der Waals surface area contributed by atoms with E-state index in [-0.39, 0.29) is 21.0 Å². The molecule has 1 N–H and O–H groups in total. The molecule has 0 aliphatic heterocycles. The topological polar surface area (TPSA) is 30.5 Å². The fourth-order valence-electron chi connectivity index (χ4n) is 1.23. The lowest BCUT2D eigenvalue weighted by molar-refractivity contribution is -0.0441. The second-order valence-electron chi connectivity index (χ2n) is 4.57. The van der Waals surface area contributed by atoms with Crippen molar-refractivity contribution in [2.75, 3.05) is 20.8 Å². The van der Waals surface area contributed by atoms with Crippen molar-refractivity contribution in [3.63, 3.8) is 0 Å². The lowest BCUT2D eigenvalue weighted by Crippen LogP contribution is -2.36. The Kier molecular flexibility index (Phi) is 7.45. The number of hydrogen-bond acceptors (Lipinski definition) is 3. The van der Waals surface area contributed by atoms with E-state index in [0.29, 0.717) is 0 Å². The van der Waals surface area contributed by atoms with Crippen LogP contribution in [0.4, 0.5) is 0 Å². The van der Waals surface area contributed by atoms with Gasteiger partial charge in [0.25, 0.3) is 0 Å². The first-order valence-corrected chi connectivity index (χ1v) is 7.12. The highest BCUT2D eigenvalue weighted by atomic mass is 28.2. The van der Waals surface area contributed by atoms with Gasteiger partial charge in [-0.25, -0.2) is 0 Å². The Morgan fingerprint density at radius 2 is 1.79 bits per heavy atom. The van der Waals surface area contributed by atoms with Crippen molar-refractivity contribution in [2.45, 2.75) is 44.7 Å². The Bertz CT molecular complexity index is 133. The van der Waals surface area contributed by atoms with Crippen molar-refractivity contribution in [2.24, 2.45) is 0 Å². The molecule has 0 rings (SSSR count). The van der Waals surface area contributed by atoms with E-state index in [1.54, 1.807) is 14.2 Å². The van der Waals surface area contributed by atoms with Crippen LogP contribution in [-0.2, 0) is 9.47 Å². The number of ether oxygens (including phenoxy) is 2. The van der Waals surface area contributed by atoms with Gasteiger partial charge < -0.3 is 14.8 Å². The van der Waals surface area contributed by atoms with Crippen molar-refractivity contribution in [1.82, 2.24) is 5.32 Å². The van der Waals surface area contributed by atoms with Gasteiger partial charge >= 0.3 is 0 Å². The van der Waals surface area contributed by atoms with Crippen molar-refractivity contribution in [3.8, 4) is 0 Å². The summed E-state index contributed by atoms with van der Waals surface area (Å²) in [6, 6.07) is 1.27. The van der Waals surface area contributed by atoms with E-state index in [1.165, 1.54) is 12.5 Å². The molecule has 0 spiro atoms. The van der Waals surface area contributed by atoms with Crippen molar-refractivity contribution in [1.29, 1.82) is 0 Å². The van der Waals surface area contributed by atoms with E-state index in [0.717, 1.165) is 6.54 Å². The summed E-state index contributed by atoms with van der Waals surface area (Å²) in [4.78, 5) is 0. The van der Waals surface area contributed by atoms with Gasteiger partial charge in [-0.15, -0.1) is 0 Å². The van der Waals surface area contributed by atoms with Gasteiger partial charge in [0.1, 0.15) is 5.91 Å². The molecule has 0 aliphatic rings. The molecule has 0 bridgehead atoms. The van der Waals surface area contributed by atoms with Gasteiger partial charge in [0.15, 0.2) is 0 Å². The van der Waals surface area contributed by atoms with E-state index in [4.69, 9.17) is 9.47 Å². The Labute approximate surface area is 90.4 Å². The highest BCUT2D eigenvalue weighted by Crippen LogP contribution is 2.00. The number of hydrogen-bond donors (Lipinski definition) is 1. The average Bonchev–Trinajstić information content (AvgIpc) is 2.09. The lowest BCUT2D eigenvalue weighted by Gasteiger charge is -2.20. The number of nitrogens with one attached hydrogen (secondary N) is 1. The van der Waals surface area contributed by atoms with Crippen LogP contribution >= 0.6 is 0 Å². The number of rotatable bonds is 7. The summed E-state index contributed by atoms with van der Waals surface area (Å²) in [6.45, 7) is 7.67. The molecule has 4 heteroatoms. The minimum Gasteiger partial charge on any atom is -0.360 e. The van der Waals surface area contributed by atoms with E-state index < -0.39 is 0 Å². The molecule has 0 aliphatic carbocycles. The van der Waals surface area contributed by atoms with Crippen LogP contribution in [0.25, 0.3) is 0 Å². The van der Waals surface area contributed by atoms with Gasteiger partial charge in [0, 0.05) is 19.8 Å². The molecule has 0 heterocycles. The Morgan fingerprint density at radius 3 is 2.21 bits per heavy atom. The van der Waals surface area contributed by atoms with Gasteiger partial charge in [0.2, 0.25) is 0 Å². The molecule has 86 valence electrons. The third kappa shape index (κ3) is 8.68. The monoisotopic (exact) mass is 219 g/mol. The molecule has 14 heavy (non-hydrogen) atoms. The van der Waals surface area contributed by atoms with Crippen LogP contribution in [0, 0.1) is 0 Å². The molecular weight excluding hydrogens is 194 g/mol. The molecule has 0 amide bonds. The fraction of sp³-hybridized carbons (Fsp3) is 1.00. The van der Waals surface area contributed by atoms with Crippen LogP contribution in [0.1, 0.15) is 27.2 Å². The summed E-state index contributed by atoms with van der Waals surface area (Å²) in [5.41, 5.74) is 0.240. The van der Waals surface area contributed by atoms with Crippen LogP contribution < -0.4 is 5.32 Å². The maximum atomic E-state index is 5.17. The summed E-state index contributed by atoms with van der Waals surface area (Å²) in [7, 11) is 3.21. The average molecular weight is 219 g/mol. The van der Waals surface area contributed by atoms with Crippen LogP contribution in [0.15, 0.2) is 0 Å². The SMILES string of the molecule is COC(OC)[SiH2]CCCNC(C)(C)C. The molecule has 0 radical (unpaired) electrons. The normalized spacial score (nSPS) is 13.3. The Morgan fingerprint density at radius 1 is 1.21 bits per heavy atom. The smallest absolute Gasteiger partial charge is 0.134 e. The first-order valence-electron chi connectivity index (χ1n) is 5.30. The minimum atomic E-state index is -0.223. The summed E-state index contributed by atoms with van der Waals surface area (Å²) in [5, 5.41) is 3.47. The molecule has 3 nitrogen and oxygen atoms in total. The third-order valence-corrected chi connectivity index (χ3v) is 4.09. The maximum absolute atomic E-state index is 5.17. The molecule has 0 saturated carbocycles. The predicted molar refractivity (Wildman–Crippen MR) is 63.5 cm³/mol. The second-order valence-corrected chi connectivity index (χ2v) is 6.52. The van der Waals surface area contributed by atoms with Gasteiger partial charge in [-0.3, -0.25) is 0 Å². The molecule has 0 unspecified atom stereocenters. The van der Waals surface area contributed by atoms with Crippen LogP contribution in [0.5, 0.6) is 0 Å². The molecule has 0 fully saturated rings. The summed E-state index contributed by atoms with van der Waals surface area (Å²) < 4.78 is 10.3. The van der Waals surface area contributed by atoms with Crippen molar-refractivity contribution < 1.29 is 9.47 Å². The maximum Gasteiger partial charge on any atom is 0.134 e.